The largest absolute Gasteiger partial charge is 0.489 e. The van der Waals surface area contributed by atoms with Crippen molar-refractivity contribution < 1.29 is 37.0 Å². The molecule has 0 radical (unpaired) electrons. The SMILES string of the molecule is Cc1cc2cc(C(=O)NC[C@](O)(c3cc4c(c(-c5ccc(F)cc5)n3)OC[C@]4(C)C(N)=O)C(F)(F)F)ccc2n1C. The highest BCUT2D eigenvalue weighted by Crippen LogP contribution is 2.47. The molecule has 2 aromatic heterocycles. The highest BCUT2D eigenvalue weighted by atomic mass is 19.4. The number of primary amides is 1. The fourth-order valence-corrected chi connectivity index (χ4v) is 4.88. The summed E-state index contributed by atoms with van der Waals surface area (Å²) in [5, 5.41) is 14.1. The smallest absolute Gasteiger partial charge is 0.424 e. The van der Waals surface area contributed by atoms with E-state index in [9.17, 15) is 32.3 Å². The number of amides is 2. The van der Waals surface area contributed by atoms with Crippen molar-refractivity contribution in [1.29, 1.82) is 0 Å². The molecule has 2 aromatic carbocycles. The van der Waals surface area contributed by atoms with Gasteiger partial charge in [-0.3, -0.25) is 9.59 Å². The third-order valence-electron chi connectivity index (χ3n) is 7.68. The van der Waals surface area contributed by atoms with Gasteiger partial charge in [0.25, 0.3) is 5.91 Å². The number of aromatic nitrogens is 2. The number of hydrogen-bond acceptors (Lipinski definition) is 5. The van der Waals surface area contributed by atoms with E-state index in [1.807, 2.05) is 24.6 Å². The molecule has 0 saturated carbocycles. The van der Waals surface area contributed by atoms with Crippen LogP contribution in [-0.4, -0.2) is 45.8 Å². The number of ether oxygens (including phenoxy) is 1. The summed E-state index contributed by atoms with van der Waals surface area (Å²) in [5.41, 5.74) is 1.33. The Bertz CT molecular complexity index is 1700. The number of aryl methyl sites for hydroxylation is 2. The Kier molecular flexibility index (Phi) is 6.57. The van der Waals surface area contributed by atoms with Crippen LogP contribution in [0.15, 0.2) is 54.6 Å². The minimum atomic E-state index is -5.31. The van der Waals surface area contributed by atoms with Gasteiger partial charge in [-0.15, -0.1) is 0 Å². The van der Waals surface area contributed by atoms with Gasteiger partial charge in [0.2, 0.25) is 11.5 Å². The summed E-state index contributed by atoms with van der Waals surface area (Å²) in [4.78, 5) is 29.4. The molecule has 3 heterocycles. The van der Waals surface area contributed by atoms with Crippen LogP contribution in [0.1, 0.15) is 34.2 Å². The first kappa shape index (κ1) is 28.1. The Labute approximate surface area is 231 Å². The summed E-state index contributed by atoms with van der Waals surface area (Å²) in [7, 11) is 1.85. The zero-order chi connectivity index (χ0) is 29.9. The van der Waals surface area contributed by atoms with Gasteiger partial charge < -0.3 is 25.5 Å². The normalized spacial score (nSPS) is 18.0. The summed E-state index contributed by atoms with van der Waals surface area (Å²) in [6, 6.07) is 12.2. The van der Waals surface area contributed by atoms with Gasteiger partial charge in [0.1, 0.15) is 29.3 Å². The zero-order valence-corrected chi connectivity index (χ0v) is 22.3. The Balaban J connectivity index is 1.58. The first-order chi connectivity index (χ1) is 19.2. The van der Waals surface area contributed by atoms with E-state index in [1.54, 1.807) is 12.1 Å². The number of nitrogens with zero attached hydrogens (tertiary/aromatic N) is 2. The number of halogens is 4. The number of aliphatic hydroxyl groups is 1. The molecule has 0 spiro atoms. The second kappa shape index (κ2) is 9.58. The van der Waals surface area contributed by atoms with Crippen LogP contribution in [0.5, 0.6) is 5.75 Å². The molecule has 8 nitrogen and oxygen atoms in total. The van der Waals surface area contributed by atoms with Crippen LogP contribution in [0.25, 0.3) is 22.2 Å². The maximum Gasteiger partial charge on any atom is 0.424 e. The van der Waals surface area contributed by atoms with Gasteiger partial charge >= 0.3 is 6.18 Å². The van der Waals surface area contributed by atoms with Crippen LogP contribution < -0.4 is 15.8 Å². The average molecular weight is 571 g/mol. The number of nitrogens with one attached hydrogen (secondary N) is 1. The fourth-order valence-electron chi connectivity index (χ4n) is 4.88. The van der Waals surface area contributed by atoms with Crippen molar-refractivity contribution >= 4 is 22.7 Å². The number of pyridine rings is 1. The van der Waals surface area contributed by atoms with E-state index in [0.29, 0.717) is 0 Å². The molecule has 2 amide bonds. The van der Waals surface area contributed by atoms with Crippen molar-refractivity contribution in [3.05, 3.63) is 82.9 Å². The number of carbonyl (C=O) groups excluding carboxylic acids is 2. The highest BCUT2D eigenvalue weighted by Gasteiger charge is 2.57. The number of hydrogen-bond donors (Lipinski definition) is 3. The lowest BCUT2D eigenvalue weighted by molar-refractivity contribution is -0.265. The first-order valence-electron chi connectivity index (χ1n) is 12.5. The number of benzene rings is 2. The van der Waals surface area contributed by atoms with Gasteiger partial charge in [0.15, 0.2) is 0 Å². The van der Waals surface area contributed by atoms with E-state index in [0.717, 1.165) is 34.8 Å². The Morgan fingerprint density at radius 1 is 1.15 bits per heavy atom. The van der Waals surface area contributed by atoms with Crippen LogP contribution in [0.4, 0.5) is 17.6 Å². The number of rotatable bonds is 6. The van der Waals surface area contributed by atoms with Gasteiger partial charge in [0, 0.05) is 40.3 Å². The van der Waals surface area contributed by atoms with E-state index >= 15 is 0 Å². The molecule has 0 unspecified atom stereocenters. The molecule has 1 aliphatic rings. The van der Waals surface area contributed by atoms with Crippen molar-refractivity contribution in [2.24, 2.45) is 12.8 Å². The van der Waals surface area contributed by atoms with Gasteiger partial charge in [-0.2, -0.15) is 13.2 Å². The minimum absolute atomic E-state index is 0.0123. The van der Waals surface area contributed by atoms with Crippen molar-refractivity contribution in [2.45, 2.75) is 31.0 Å². The molecular weight excluding hydrogens is 544 g/mol. The molecule has 4 aromatic rings. The Hall–Kier alpha value is -4.45. The monoisotopic (exact) mass is 570 g/mol. The second-order valence-corrected chi connectivity index (χ2v) is 10.4. The molecule has 0 bridgehead atoms. The topological polar surface area (TPSA) is 119 Å². The van der Waals surface area contributed by atoms with E-state index in [2.05, 4.69) is 10.3 Å². The average Bonchev–Trinajstić information content (AvgIpc) is 3.42. The predicted octanol–water partition coefficient (Wildman–Crippen LogP) is 4.00. The lowest BCUT2D eigenvalue weighted by Crippen LogP contribution is -2.51. The van der Waals surface area contributed by atoms with Crippen molar-refractivity contribution in [1.82, 2.24) is 14.9 Å². The third-order valence-corrected chi connectivity index (χ3v) is 7.68. The lowest BCUT2D eigenvalue weighted by Gasteiger charge is -2.31. The molecule has 0 fully saturated rings. The summed E-state index contributed by atoms with van der Waals surface area (Å²) >= 11 is 0. The molecule has 0 saturated heterocycles. The standard InChI is InChI=1S/C29H26F4N4O4/c1-15-10-18-11-17(6-9-21(18)37(15)3)25(38)35-13-28(40,29(31,32)33)22-12-20-24(41-14-27(20,2)26(34)39)23(36-22)16-4-7-19(30)8-5-16/h4-12,40H,13-14H2,1-3H3,(H2,34,39)(H,35,38)/t27-,28-/m0/s1. The van der Waals surface area contributed by atoms with Crippen molar-refractivity contribution in [3.8, 4) is 17.0 Å². The highest BCUT2D eigenvalue weighted by molar-refractivity contribution is 5.98. The van der Waals surface area contributed by atoms with Crippen LogP contribution in [0, 0.1) is 12.7 Å². The summed E-state index contributed by atoms with van der Waals surface area (Å²) in [5.74, 6) is -2.32. The molecule has 5 rings (SSSR count). The van der Waals surface area contributed by atoms with E-state index in [-0.39, 0.29) is 34.7 Å². The van der Waals surface area contributed by atoms with Crippen molar-refractivity contribution in [2.75, 3.05) is 13.2 Å². The predicted molar refractivity (Wildman–Crippen MR) is 142 cm³/mol. The molecule has 1 aliphatic heterocycles. The minimum Gasteiger partial charge on any atom is -0.489 e. The van der Waals surface area contributed by atoms with Crippen LogP contribution >= 0.6 is 0 Å². The molecule has 12 heteroatoms. The van der Waals surface area contributed by atoms with Crippen LogP contribution in [0.3, 0.4) is 0 Å². The molecule has 41 heavy (non-hydrogen) atoms. The van der Waals surface area contributed by atoms with E-state index in [4.69, 9.17) is 10.5 Å². The van der Waals surface area contributed by atoms with Crippen LogP contribution in [-0.2, 0) is 22.9 Å². The number of carbonyl (C=O) groups is 2. The summed E-state index contributed by atoms with van der Waals surface area (Å²) in [6.07, 6.45) is -5.31. The second-order valence-electron chi connectivity index (χ2n) is 10.4. The first-order valence-corrected chi connectivity index (χ1v) is 12.5. The van der Waals surface area contributed by atoms with E-state index < -0.39 is 47.1 Å². The van der Waals surface area contributed by atoms with Gasteiger partial charge in [0.05, 0.1) is 12.2 Å². The molecule has 214 valence electrons. The van der Waals surface area contributed by atoms with E-state index in [1.165, 1.54) is 25.1 Å². The Morgan fingerprint density at radius 2 is 1.83 bits per heavy atom. The van der Waals surface area contributed by atoms with Crippen molar-refractivity contribution in [3.63, 3.8) is 0 Å². The number of nitrogens with two attached hydrogens (primary N) is 1. The molecule has 0 aliphatic carbocycles. The summed E-state index contributed by atoms with van der Waals surface area (Å²) < 4.78 is 64.9. The number of fused-ring (bicyclic) bond motifs is 2. The molecule has 2 atom stereocenters. The van der Waals surface area contributed by atoms with Crippen LogP contribution in [0.2, 0.25) is 0 Å². The quantitative estimate of drug-likeness (QED) is 0.303. The lowest BCUT2D eigenvalue weighted by atomic mass is 9.81. The molecular formula is C29H26F4N4O4. The van der Waals surface area contributed by atoms with Gasteiger partial charge in [-0.05, 0) is 68.4 Å². The van der Waals surface area contributed by atoms with Gasteiger partial charge in [-0.25, -0.2) is 9.37 Å². The maximum absolute atomic E-state index is 14.6. The summed E-state index contributed by atoms with van der Waals surface area (Å²) in [6.45, 7) is 1.71. The van der Waals surface area contributed by atoms with Gasteiger partial charge in [-0.1, -0.05) is 0 Å². The zero-order valence-electron chi connectivity index (χ0n) is 22.3. The Morgan fingerprint density at radius 3 is 2.46 bits per heavy atom. The third kappa shape index (κ3) is 4.57. The fraction of sp³-hybridized carbons (Fsp3) is 0.276. The maximum atomic E-state index is 14.6. The molecule has 4 N–H and O–H groups in total. The number of alkyl halides is 3.